The first-order valence-electron chi connectivity index (χ1n) is 6.87. The van der Waals surface area contributed by atoms with Gasteiger partial charge in [-0.2, -0.15) is 13.2 Å². The first-order chi connectivity index (χ1) is 9.52. The molecule has 0 aromatic heterocycles. The lowest BCUT2D eigenvalue weighted by atomic mass is 10.1. The number of nitrogens with zero attached hydrogens (tertiary/aromatic N) is 1. The monoisotopic (exact) mass is 306 g/mol. The molecule has 120 valence electrons. The molecule has 0 saturated carbocycles. The van der Waals surface area contributed by atoms with Crippen LogP contribution in [0.5, 0.6) is 0 Å². The van der Waals surface area contributed by atoms with Crippen molar-refractivity contribution in [1.82, 2.24) is 5.32 Å². The van der Waals surface area contributed by atoms with Gasteiger partial charge in [-0.1, -0.05) is 0 Å². The Bertz CT molecular complexity index is 464. The van der Waals surface area contributed by atoms with Gasteiger partial charge < -0.3 is 10.2 Å². The van der Waals surface area contributed by atoms with E-state index < -0.39 is 18.5 Å². The van der Waals surface area contributed by atoms with Crippen LogP contribution in [-0.2, 0) is 6.54 Å². The third kappa shape index (κ3) is 6.33. The van der Waals surface area contributed by atoms with Crippen LogP contribution in [0.2, 0.25) is 0 Å². The maximum Gasteiger partial charge on any atom is 0.405 e. The Morgan fingerprint density at radius 1 is 1.14 bits per heavy atom. The Kier molecular flexibility index (Phi) is 5.61. The van der Waals surface area contributed by atoms with Crippen molar-refractivity contribution in [3.05, 3.63) is 29.6 Å². The van der Waals surface area contributed by atoms with Crippen LogP contribution in [0.15, 0.2) is 18.2 Å². The fraction of sp³-hybridized carbons (Fsp3) is 0.600. The molecule has 1 N–H and O–H groups in total. The first-order valence-corrected chi connectivity index (χ1v) is 6.87. The second-order valence-electron chi connectivity index (χ2n) is 6.01. The molecule has 0 bridgehead atoms. The molecule has 0 radical (unpaired) electrons. The van der Waals surface area contributed by atoms with Crippen molar-refractivity contribution in [2.75, 3.05) is 18.0 Å². The van der Waals surface area contributed by atoms with Gasteiger partial charge in [0.25, 0.3) is 0 Å². The SMILES string of the molecule is CCN(CC(F)(F)F)c1ccc(F)cc1CNC(C)(C)C. The fourth-order valence-corrected chi connectivity index (χ4v) is 1.95. The van der Waals surface area contributed by atoms with Crippen molar-refractivity contribution in [3.63, 3.8) is 0 Å². The largest absolute Gasteiger partial charge is 0.405 e. The molecule has 6 heteroatoms. The average molecular weight is 306 g/mol. The Balaban J connectivity index is 3.04. The zero-order chi connectivity index (χ0) is 16.3. The summed E-state index contributed by atoms with van der Waals surface area (Å²) < 4.78 is 51.3. The summed E-state index contributed by atoms with van der Waals surface area (Å²) in [5, 5.41) is 3.17. The molecule has 0 aliphatic rings. The van der Waals surface area contributed by atoms with Crippen LogP contribution in [0.25, 0.3) is 0 Å². The van der Waals surface area contributed by atoms with Gasteiger partial charge in [0, 0.05) is 24.3 Å². The zero-order valence-electron chi connectivity index (χ0n) is 12.8. The summed E-state index contributed by atoms with van der Waals surface area (Å²) in [6, 6.07) is 3.88. The summed E-state index contributed by atoms with van der Waals surface area (Å²) in [6.07, 6.45) is -4.29. The predicted molar refractivity (Wildman–Crippen MR) is 76.9 cm³/mol. The normalized spacial score (nSPS) is 12.6. The maximum absolute atomic E-state index is 13.4. The zero-order valence-corrected chi connectivity index (χ0v) is 12.8. The molecule has 0 saturated heterocycles. The number of anilines is 1. The molecule has 0 fully saturated rings. The van der Waals surface area contributed by atoms with Crippen LogP contribution < -0.4 is 10.2 Å². The van der Waals surface area contributed by atoms with Gasteiger partial charge in [0.15, 0.2) is 0 Å². The van der Waals surface area contributed by atoms with Crippen molar-refractivity contribution in [2.24, 2.45) is 0 Å². The van der Waals surface area contributed by atoms with E-state index in [-0.39, 0.29) is 12.1 Å². The maximum atomic E-state index is 13.4. The Morgan fingerprint density at radius 3 is 2.24 bits per heavy atom. The molecule has 1 aromatic rings. The Morgan fingerprint density at radius 2 is 1.76 bits per heavy atom. The van der Waals surface area contributed by atoms with Crippen LogP contribution in [0.1, 0.15) is 33.3 Å². The molecule has 0 spiro atoms. The molecular weight excluding hydrogens is 284 g/mol. The average Bonchev–Trinajstić information content (AvgIpc) is 2.32. The highest BCUT2D eigenvalue weighted by atomic mass is 19.4. The molecule has 0 aliphatic carbocycles. The van der Waals surface area contributed by atoms with Gasteiger partial charge in [-0.05, 0) is 51.5 Å². The molecular formula is C15H22F4N2. The van der Waals surface area contributed by atoms with E-state index in [2.05, 4.69) is 5.32 Å². The molecule has 0 amide bonds. The lowest BCUT2D eigenvalue weighted by Gasteiger charge is -2.28. The van der Waals surface area contributed by atoms with Gasteiger partial charge >= 0.3 is 6.18 Å². The molecule has 0 atom stereocenters. The van der Waals surface area contributed by atoms with E-state index in [0.717, 1.165) is 0 Å². The van der Waals surface area contributed by atoms with E-state index in [1.807, 2.05) is 20.8 Å². The molecule has 0 aliphatic heterocycles. The predicted octanol–water partition coefficient (Wildman–Crippen LogP) is 4.10. The van der Waals surface area contributed by atoms with E-state index >= 15 is 0 Å². The van der Waals surface area contributed by atoms with Crippen molar-refractivity contribution in [2.45, 2.75) is 46.0 Å². The highest BCUT2D eigenvalue weighted by molar-refractivity contribution is 5.54. The van der Waals surface area contributed by atoms with Crippen LogP contribution in [0, 0.1) is 5.82 Å². The number of halogens is 4. The summed E-state index contributed by atoms with van der Waals surface area (Å²) >= 11 is 0. The van der Waals surface area contributed by atoms with Gasteiger partial charge in [-0.3, -0.25) is 0 Å². The topological polar surface area (TPSA) is 15.3 Å². The molecule has 1 rings (SSSR count). The minimum atomic E-state index is -4.29. The number of rotatable bonds is 5. The quantitative estimate of drug-likeness (QED) is 0.824. The van der Waals surface area contributed by atoms with Crippen LogP contribution in [0.4, 0.5) is 23.2 Å². The number of hydrogen-bond donors (Lipinski definition) is 1. The van der Waals surface area contributed by atoms with Crippen molar-refractivity contribution in [3.8, 4) is 0 Å². The molecule has 0 unspecified atom stereocenters. The van der Waals surface area contributed by atoms with Gasteiger partial charge in [-0.25, -0.2) is 4.39 Å². The third-order valence-electron chi connectivity index (χ3n) is 2.94. The van der Waals surface area contributed by atoms with Gasteiger partial charge in [0.2, 0.25) is 0 Å². The summed E-state index contributed by atoms with van der Waals surface area (Å²) in [7, 11) is 0. The van der Waals surface area contributed by atoms with E-state index in [1.54, 1.807) is 6.92 Å². The second-order valence-corrected chi connectivity index (χ2v) is 6.01. The van der Waals surface area contributed by atoms with Crippen molar-refractivity contribution < 1.29 is 17.6 Å². The summed E-state index contributed by atoms with van der Waals surface area (Å²) in [5.41, 5.74) is 0.731. The Labute approximate surface area is 123 Å². The number of nitrogens with one attached hydrogen (secondary N) is 1. The van der Waals surface area contributed by atoms with E-state index in [9.17, 15) is 17.6 Å². The third-order valence-corrected chi connectivity index (χ3v) is 2.94. The van der Waals surface area contributed by atoms with E-state index in [4.69, 9.17) is 0 Å². The summed E-state index contributed by atoms with van der Waals surface area (Å²) in [5.74, 6) is -0.451. The van der Waals surface area contributed by atoms with Crippen LogP contribution in [-0.4, -0.2) is 24.8 Å². The standard InChI is InChI=1S/C15H22F4N2/c1-5-21(10-15(17,18)19)13-7-6-12(16)8-11(13)9-20-14(2,3)4/h6-8,20H,5,9-10H2,1-4H3. The minimum Gasteiger partial charge on any atom is -0.363 e. The summed E-state index contributed by atoms with van der Waals surface area (Å²) in [4.78, 5) is 1.21. The van der Waals surface area contributed by atoms with Gasteiger partial charge in [-0.15, -0.1) is 0 Å². The number of alkyl halides is 3. The smallest absolute Gasteiger partial charge is 0.363 e. The fourth-order valence-electron chi connectivity index (χ4n) is 1.95. The van der Waals surface area contributed by atoms with Crippen molar-refractivity contribution in [1.29, 1.82) is 0 Å². The number of benzene rings is 1. The summed E-state index contributed by atoms with van der Waals surface area (Å²) in [6.45, 7) is 6.95. The van der Waals surface area contributed by atoms with E-state index in [1.165, 1.54) is 23.1 Å². The highest BCUT2D eigenvalue weighted by Crippen LogP contribution is 2.26. The second kappa shape index (κ2) is 6.64. The Hall–Kier alpha value is -1.30. The van der Waals surface area contributed by atoms with Crippen LogP contribution in [0.3, 0.4) is 0 Å². The lowest BCUT2D eigenvalue weighted by Crippen LogP contribution is -2.37. The molecule has 2 nitrogen and oxygen atoms in total. The van der Waals surface area contributed by atoms with Gasteiger partial charge in [0.1, 0.15) is 12.4 Å². The minimum absolute atomic E-state index is 0.202. The van der Waals surface area contributed by atoms with Crippen molar-refractivity contribution >= 4 is 5.69 Å². The molecule has 0 heterocycles. The lowest BCUT2D eigenvalue weighted by molar-refractivity contribution is -0.119. The molecule has 21 heavy (non-hydrogen) atoms. The molecule has 1 aromatic carbocycles. The van der Waals surface area contributed by atoms with Crippen LogP contribution >= 0.6 is 0 Å². The van der Waals surface area contributed by atoms with Gasteiger partial charge in [0.05, 0.1) is 0 Å². The number of hydrogen-bond acceptors (Lipinski definition) is 2. The van der Waals surface area contributed by atoms with E-state index in [0.29, 0.717) is 17.8 Å². The first kappa shape index (κ1) is 17.8. The highest BCUT2D eigenvalue weighted by Gasteiger charge is 2.31.